The van der Waals surface area contributed by atoms with Crippen LogP contribution in [0.3, 0.4) is 0 Å². The first kappa shape index (κ1) is 11.9. The largest absolute Gasteiger partial charge is 0.454 e. The van der Waals surface area contributed by atoms with Crippen LogP contribution in [0, 0.1) is 0 Å². The molecule has 0 fully saturated rings. The number of hydrogen-bond acceptors (Lipinski definition) is 4. The molecule has 2 aliphatic rings. The van der Waals surface area contributed by atoms with E-state index in [0.29, 0.717) is 6.61 Å². The highest BCUT2D eigenvalue weighted by Gasteiger charge is 2.25. The van der Waals surface area contributed by atoms with Gasteiger partial charge in [0.2, 0.25) is 6.79 Å². The van der Waals surface area contributed by atoms with Gasteiger partial charge in [-0.2, -0.15) is 0 Å². The highest BCUT2D eigenvalue weighted by molar-refractivity contribution is 6.06. The molecule has 0 bridgehead atoms. The summed E-state index contributed by atoms with van der Waals surface area (Å²) in [5.41, 5.74) is 7.48. The maximum absolute atomic E-state index is 5.75. The van der Waals surface area contributed by atoms with Crippen LogP contribution in [-0.2, 0) is 11.4 Å². The summed E-state index contributed by atoms with van der Waals surface area (Å²) in [5.74, 6) is 1.63. The molecule has 3 aromatic rings. The van der Waals surface area contributed by atoms with Crippen LogP contribution in [0.2, 0.25) is 0 Å². The average Bonchev–Trinajstić information content (AvgIpc) is 3.21. The second-order valence-electron chi connectivity index (χ2n) is 5.43. The van der Waals surface area contributed by atoms with Crippen molar-refractivity contribution < 1.29 is 14.3 Å². The first-order valence-electron chi connectivity index (χ1n) is 7.23. The SMILES string of the molecule is c1ccc(-c2c3c(cc4ccc5c(c24)OCO5)NOC3)cc1. The van der Waals surface area contributed by atoms with Crippen LogP contribution >= 0.6 is 0 Å². The molecule has 4 nitrogen and oxygen atoms in total. The quantitative estimate of drug-likeness (QED) is 0.733. The summed E-state index contributed by atoms with van der Waals surface area (Å²) in [4.78, 5) is 5.45. The third kappa shape index (κ3) is 1.55. The molecule has 2 heterocycles. The molecular weight excluding hydrogens is 278 g/mol. The zero-order valence-electron chi connectivity index (χ0n) is 11.8. The fourth-order valence-corrected chi connectivity index (χ4v) is 3.24. The van der Waals surface area contributed by atoms with Gasteiger partial charge in [0.15, 0.2) is 11.5 Å². The minimum Gasteiger partial charge on any atom is -0.454 e. The summed E-state index contributed by atoms with van der Waals surface area (Å²) in [6.07, 6.45) is 0. The summed E-state index contributed by atoms with van der Waals surface area (Å²) < 4.78 is 11.3. The summed E-state index contributed by atoms with van der Waals surface area (Å²) in [5, 5.41) is 2.20. The molecule has 0 spiro atoms. The molecule has 0 saturated heterocycles. The summed E-state index contributed by atoms with van der Waals surface area (Å²) in [7, 11) is 0. The number of hydrogen-bond donors (Lipinski definition) is 1. The molecule has 22 heavy (non-hydrogen) atoms. The van der Waals surface area contributed by atoms with Gasteiger partial charge in [-0.25, -0.2) is 0 Å². The maximum atomic E-state index is 5.75. The summed E-state index contributed by atoms with van der Waals surface area (Å²) in [6.45, 7) is 0.814. The van der Waals surface area contributed by atoms with Gasteiger partial charge in [-0.15, -0.1) is 0 Å². The van der Waals surface area contributed by atoms with E-state index in [2.05, 4.69) is 29.7 Å². The number of ether oxygens (including phenoxy) is 2. The van der Waals surface area contributed by atoms with Crippen molar-refractivity contribution in [3.05, 3.63) is 54.1 Å². The van der Waals surface area contributed by atoms with Crippen molar-refractivity contribution >= 4 is 16.5 Å². The topological polar surface area (TPSA) is 39.7 Å². The molecule has 3 aromatic carbocycles. The molecule has 0 unspecified atom stereocenters. The Morgan fingerprint density at radius 2 is 1.86 bits per heavy atom. The number of nitrogens with one attached hydrogen (secondary N) is 1. The van der Waals surface area contributed by atoms with E-state index in [1.165, 1.54) is 0 Å². The molecular formula is C18H13NO3. The van der Waals surface area contributed by atoms with E-state index in [-0.39, 0.29) is 6.79 Å². The first-order valence-corrected chi connectivity index (χ1v) is 7.23. The average molecular weight is 291 g/mol. The van der Waals surface area contributed by atoms with Gasteiger partial charge in [0, 0.05) is 16.5 Å². The Balaban J connectivity index is 1.95. The van der Waals surface area contributed by atoms with Crippen molar-refractivity contribution in [1.82, 2.24) is 0 Å². The lowest BCUT2D eigenvalue weighted by Crippen LogP contribution is -1.94. The Kier molecular flexibility index (Phi) is 2.37. The summed E-state index contributed by atoms with van der Waals surface area (Å²) in [6, 6.07) is 16.5. The molecule has 4 heteroatoms. The number of anilines is 1. The third-order valence-corrected chi connectivity index (χ3v) is 4.21. The monoisotopic (exact) mass is 291 g/mol. The number of fused-ring (bicyclic) bond motifs is 4. The molecule has 0 aromatic heterocycles. The van der Waals surface area contributed by atoms with Crippen LogP contribution in [0.25, 0.3) is 21.9 Å². The second kappa shape index (κ2) is 4.39. The Morgan fingerprint density at radius 3 is 2.77 bits per heavy atom. The van der Waals surface area contributed by atoms with Crippen molar-refractivity contribution in [2.24, 2.45) is 0 Å². The van der Waals surface area contributed by atoms with Crippen molar-refractivity contribution in [3.8, 4) is 22.6 Å². The fraction of sp³-hybridized carbons (Fsp3) is 0.111. The van der Waals surface area contributed by atoms with Crippen LogP contribution in [-0.4, -0.2) is 6.79 Å². The van der Waals surface area contributed by atoms with Crippen molar-refractivity contribution in [2.45, 2.75) is 6.61 Å². The Labute approximate surface area is 127 Å². The Hall–Kier alpha value is -2.72. The van der Waals surface area contributed by atoms with E-state index in [1.54, 1.807) is 0 Å². The van der Waals surface area contributed by atoms with Crippen LogP contribution in [0.4, 0.5) is 5.69 Å². The lowest BCUT2D eigenvalue weighted by Gasteiger charge is -2.13. The van der Waals surface area contributed by atoms with Crippen molar-refractivity contribution in [3.63, 3.8) is 0 Å². The fourth-order valence-electron chi connectivity index (χ4n) is 3.24. The lowest BCUT2D eigenvalue weighted by atomic mass is 9.92. The first-order chi connectivity index (χ1) is 10.9. The molecule has 5 rings (SSSR count). The van der Waals surface area contributed by atoms with E-state index in [0.717, 1.165) is 44.6 Å². The van der Waals surface area contributed by atoms with Gasteiger partial charge in [-0.3, -0.25) is 10.3 Å². The molecule has 2 aliphatic heterocycles. The number of rotatable bonds is 1. The van der Waals surface area contributed by atoms with Gasteiger partial charge in [0.05, 0.1) is 5.69 Å². The molecule has 108 valence electrons. The smallest absolute Gasteiger partial charge is 0.231 e. The van der Waals surface area contributed by atoms with Crippen LogP contribution < -0.4 is 15.0 Å². The predicted octanol–water partition coefficient (Wildman–Crippen LogP) is 4.09. The Morgan fingerprint density at radius 1 is 0.955 bits per heavy atom. The van der Waals surface area contributed by atoms with E-state index in [1.807, 2.05) is 24.3 Å². The van der Waals surface area contributed by atoms with Gasteiger partial charge >= 0.3 is 0 Å². The third-order valence-electron chi connectivity index (χ3n) is 4.21. The zero-order valence-corrected chi connectivity index (χ0v) is 11.8. The molecule has 0 amide bonds. The van der Waals surface area contributed by atoms with Crippen molar-refractivity contribution in [2.75, 3.05) is 12.3 Å². The second-order valence-corrected chi connectivity index (χ2v) is 5.43. The molecule has 1 N–H and O–H groups in total. The molecule has 0 saturated carbocycles. The zero-order chi connectivity index (χ0) is 14.5. The van der Waals surface area contributed by atoms with E-state index in [9.17, 15) is 0 Å². The van der Waals surface area contributed by atoms with Gasteiger partial charge in [0.1, 0.15) is 6.61 Å². The predicted molar refractivity (Wildman–Crippen MR) is 83.9 cm³/mol. The minimum atomic E-state index is 0.272. The molecule has 0 atom stereocenters. The summed E-state index contributed by atoms with van der Waals surface area (Å²) >= 11 is 0. The van der Waals surface area contributed by atoms with E-state index < -0.39 is 0 Å². The standard InChI is InChI=1S/C18H13NO3/c1-2-4-11(5-3-1)16-13-9-22-19-14(13)8-12-6-7-15-18(17(12)16)21-10-20-15/h1-8,19H,9-10H2. The highest BCUT2D eigenvalue weighted by atomic mass is 16.7. The normalized spacial score (nSPS) is 14.9. The van der Waals surface area contributed by atoms with Gasteiger partial charge < -0.3 is 9.47 Å². The maximum Gasteiger partial charge on any atom is 0.231 e. The lowest BCUT2D eigenvalue weighted by molar-refractivity contribution is 0.175. The molecule has 0 aliphatic carbocycles. The van der Waals surface area contributed by atoms with E-state index >= 15 is 0 Å². The number of benzene rings is 3. The van der Waals surface area contributed by atoms with Crippen LogP contribution in [0.1, 0.15) is 5.56 Å². The van der Waals surface area contributed by atoms with Crippen molar-refractivity contribution in [1.29, 1.82) is 0 Å². The van der Waals surface area contributed by atoms with Crippen LogP contribution in [0.15, 0.2) is 48.5 Å². The van der Waals surface area contributed by atoms with Crippen LogP contribution in [0.5, 0.6) is 11.5 Å². The van der Waals surface area contributed by atoms with Gasteiger partial charge in [-0.1, -0.05) is 36.4 Å². The highest BCUT2D eigenvalue weighted by Crippen LogP contribution is 2.48. The van der Waals surface area contributed by atoms with Gasteiger partial charge in [0.25, 0.3) is 0 Å². The van der Waals surface area contributed by atoms with Gasteiger partial charge in [-0.05, 0) is 23.1 Å². The molecule has 0 radical (unpaired) electrons. The Bertz CT molecular complexity index is 890. The van der Waals surface area contributed by atoms with E-state index in [4.69, 9.17) is 14.3 Å². The minimum absolute atomic E-state index is 0.272.